The zero-order chi connectivity index (χ0) is 16.8. The molecule has 1 aromatic rings. The van der Waals surface area contributed by atoms with E-state index in [4.69, 9.17) is 4.74 Å². The highest BCUT2D eigenvalue weighted by Gasteiger charge is 2.28. The summed E-state index contributed by atoms with van der Waals surface area (Å²) in [7, 11) is 1.62. The van der Waals surface area contributed by atoms with E-state index in [2.05, 4.69) is 15.1 Å². The van der Waals surface area contributed by atoms with Crippen LogP contribution in [0, 0.1) is 0 Å². The number of nitrogens with zero attached hydrogens (tertiary/aromatic N) is 2. The number of fused-ring (bicyclic) bond motifs is 1. The Hall–Kier alpha value is -1.59. The maximum atomic E-state index is 12.2. The molecule has 2 aliphatic heterocycles. The molecule has 0 aromatic heterocycles. The second-order valence-corrected chi connectivity index (χ2v) is 6.84. The molecule has 1 amide bonds. The molecule has 0 radical (unpaired) electrons. The van der Waals surface area contributed by atoms with E-state index in [1.807, 2.05) is 24.3 Å². The lowest BCUT2D eigenvalue weighted by atomic mass is 9.99. The molecule has 0 bridgehead atoms. The fourth-order valence-electron chi connectivity index (χ4n) is 3.85. The van der Waals surface area contributed by atoms with E-state index >= 15 is 0 Å². The number of methoxy groups -OCH3 is 1. The van der Waals surface area contributed by atoms with Gasteiger partial charge in [0.05, 0.1) is 12.8 Å². The third kappa shape index (κ3) is 4.48. The van der Waals surface area contributed by atoms with Gasteiger partial charge in [0.2, 0.25) is 5.91 Å². The molecule has 2 heterocycles. The highest BCUT2D eigenvalue weighted by Crippen LogP contribution is 2.23. The van der Waals surface area contributed by atoms with E-state index in [0.29, 0.717) is 12.2 Å². The Morgan fingerprint density at radius 2 is 2.12 bits per heavy atom. The molecule has 1 atom stereocenters. The van der Waals surface area contributed by atoms with E-state index in [-0.39, 0.29) is 5.91 Å². The van der Waals surface area contributed by atoms with Gasteiger partial charge in [0.25, 0.3) is 0 Å². The third-order valence-electron chi connectivity index (χ3n) is 5.18. The maximum absolute atomic E-state index is 12.2. The minimum Gasteiger partial charge on any atom is -0.495 e. The van der Waals surface area contributed by atoms with Crippen LogP contribution in [0.5, 0.6) is 5.75 Å². The first-order valence-electron chi connectivity index (χ1n) is 9.15. The number of rotatable bonds is 6. The number of hydrogen-bond donors (Lipinski definition) is 1. The summed E-state index contributed by atoms with van der Waals surface area (Å²) in [6.45, 7) is 5.81. The molecule has 1 N–H and O–H groups in total. The molecule has 132 valence electrons. The lowest BCUT2D eigenvalue weighted by Crippen LogP contribution is -2.54. The summed E-state index contributed by atoms with van der Waals surface area (Å²) < 4.78 is 5.27. The van der Waals surface area contributed by atoms with Crippen molar-refractivity contribution in [1.29, 1.82) is 0 Å². The van der Waals surface area contributed by atoms with Crippen molar-refractivity contribution >= 4 is 11.6 Å². The number of amides is 1. The van der Waals surface area contributed by atoms with Crippen molar-refractivity contribution in [3.05, 3.63) is 24.3 Å². The Balaban J connectivity index is 1.39. The van der Waals surface area contributed by atoms with E-state index in [1.165, 1.54) is 38.9 Å². The monoisotopic (exact) mass is 331 g/mol. The van der Waals surface area contributed by atoms with E-state index < -0.39 is 0 Å². The van der Waals surface area contributed by atoms with Crippen LogP contribution in [0.4, 0.5) is 5.69 Å². The van der Waals surface area contributed by atoms with Crippen LogP contribution in [-0.4, -0.2) is 61.6 Å². The molecule has 1 unspecified atom stereocenters. The van der Waals surface area contributed by atoms with E-state index in [1.54, 1.807) is 7.11 Å². The predicted octanol–water partition coefficient (Wildman–Crippen LogP) is 2.58. The molecule has 0 aliphatic carbocycles. The molecule has 2 fully saturated rings. The first-order chi connectivity index (χ1) is 11.8. The number of anilines is 1. The van der Waals surface area contributed by atoms with Gasteiger partial charge < -0.3 is 15.0 Å². The van der Waals surface area contributed by atoms with Crippen LogP contribution in [0.2, 0.25) is 0 Å². The SMILES string of the molecule is COc1ccccc1NC(=O)CCCN1CCN2CCCCC2C1. The number of benzene rings is 1. The molecule has 2 saturated heterocycles. The van der Waals surface area contributed by atoms with Crippen molar-refractivity contribution in [3.63, 3.8) is 0 Å². The molecular weight excluding hydrogens is 302 g/mol. The van der Waals surface area contributed by atoms with Gasteiger partial charge in [-0.05, 0) is 44.5 Å². The number of piperidine rings is 1. The van der Waals surface area contributed by atoms with Gasteiger partial charge in [0, 0.05) is 32.1 Å². The number of nitrogens with one attached hydrogen (secondary N) is 1. The average Bonchev–Trinajstić information content (AvgIpc) is 2.62. The number of para-hydroxylation sites is 2. The smallest absolute Gasteiger partial charge is 0.224 e. The predicted molar refractivity (Wildman–Crippen MR) is 96.5 cm³/mol. The Kier molecular flexibility index (Phi) is 6.10. The van der Waals surface area contributed by atoms with Crippen molar-refractivity contribution in [1.82, 2.24) is 9.80 Å². The van der Waals surface area contributed by atoms with E-state index in [9.17, 15) is 4.79 Å². The normalized spacial score (nSPS) is 22.0. The summed E-state index contributed by atoms with van der Waals surface area (Å²) in [5.41, 5.74) is 0.751. The summed E-state index contributed by atoms with van der Waals surface area (Å²) in [6.07, 6.45) is 5.54. The minimum atomic E-state index is 0.0656. The summed E-state index contributed by atoms with van der Waals surface area (Å²) in [5.74, 6) is 0.773. The summed E-state index contributed by atoms with van der Waals surface area (Å²) >= 11 is 0. The molecule has 24 heavy (non-hydrogen) atoms. The number of piperazine rings is 1. The Morgan fingerprint density at radius 3 is 3.00 bits per heavy atom. The molecule has 1 aromatic carbocycles. The standard InChI is InChI=1S/C19H29N3O2/c1-24-18-9-3-2-8-17(18)20-19(23)10-6-11-21-13-14-22-12-5-4-7-16(22)15-21/h2-3,8-9,16H,4-7,10-15H2,1H3,(H,20,23). The van der Waals surface area contributed by atoms with Crippen LogP contribution in [0.1, 0.15) is 32.1 Å². The van der Waals surface area contributed by atoms with Gasteiger partial charge in [-0.2, -0.15) is 0 Å². The highest BCUT2D eigenvalue weighted by molar-refractivity contribution is 5.92. The lowest BCUT2D eigenvalue weighted by molar-refractivity contribution is -0.116. The molecule has 0 spiro atoms. The first-order valence-corrected chi connectivity index (χ1v) is 9.15. The number of ether oxygens (including phenoxy) is 1. The second-order valence-electron chi connectivity index (χ2n) is 6.84. The minimum absolute atomic E-state index is 0.0656. The number of hydrogen-bond acceptors (Lipinski definition) is 4. The van der Waals surface area contributed by atoms with Crippen LogP contribution < -0.4 is 10.1 Å². The van der Waals surface area contributed by atoms with Crippen molar-refractivity contribution in [3.8, 4) is 5.75 Å². The van der Waals surface area contributed by atoms with Gasteiger partial charge in [-0.25, -0.2) is 0 Å². The molecule has 3 rings (SSSR count). The maximum Gasteiger partial charge on any atom is 0.224 e. The van der Waals surface area contributed by atoms with Crippen molar-refractivity contribution in [2.75, 3.05) is 45.2 Å². The van der Waals surface area contributed by atoms with Crippen molar-refractivity contribution in [2.24, 2.45) is 0 Å². The zero-order valence-corrected chi connectivity index (χ0v) is 14.7. The number of carbonyl (C=O) groups is 1. The summed E-state index contributed by atoms with van der Waals surface area (Å²) in [6, 6.07) is 8.29. The van der Waals surface area contributed by atoms with Gasteiger partial charge >= 0.3 is 0 Å². The van der Waals surface area contributed by atoms with Crippen LogP contribution >= 0.6 is 0 Å². The van der Waals surface area contributed by atoms with Gasteiger partial charge in [0.1, 0.15) is 5.75 Å². The molecular formula is C19H29N3O2. The van der Waals surface area contributed by atoms with Gasteiger partial charge in [-0.15, -0.1) is 0 Å². The van der Waals surface area contributed by atoms with E-state index in [0.717, 1.165) is 31.2 Å². The zero-order valence-electron chi connectivity index (χ0n) is 14.7. The Bertz CT molecular complexity index is 549. The highest BCUT2D eigenvalue weighted by atomic mass is 16.5. The molecule has 5 nitrogen and oxygen atoms in total. The largest absolute Gasteiger partial charge is 0.495 e. The van der Waals surface area contributed by atoms with Crippen LogP contribution in [0.15, 0.2) is 24.3 Å². The van der Waals surface area contributed by atoms with Gasteiger partial charge in [-0.3, -0.25) is 9.69 Å². The van der Waals surface area contributed by atoms with Gasteiger partial charge in [0.15, 0.2) is 0 Å². The van der Waals surface area contributed by atoms with Crippen LogP contribution in [0.25, 0.3) is 0 Å². The quantitative estimate of drug-likeness (QED) is 0.870. The molecule has 0 saturated carbocycles. The van der Waals surface area contributed by atoms with Crippen LogP contribution in [0.3, 0.4) is 0 Å². The first kappa shape index (κ1) is 17.2. The number of carbonyl (C=O) groups excluding carboxylic acids is 1. The average molecular weight is 331 g/mol. The topological polar surface area (TPSA) is 44.8 Å². The third-order valence-corrected chi connectivity index (χ3v) is 5.18. The summed E-state index contributed by atoms with van der Waals surface area (Å²) in [5, 5.41) is 2.95. The van der Waals surface area contributed by atoms with Gasteiger partial charge in [-0.1, -0.05) is 18.6 Å². The molecule has 2 aliphatic rings. The second kappa shape index (κ2) is 8.49. The molecule has 5 heteroatoms. The van der Waals surface area contributed by atoms with Crippen molar-refractivity contribution < 1.29 is 9.53 Å². The fraction of sp³-hybridized carbons (Fsp3) is 0.632. The van der Waals surface area contributed by atoms with Crippen molar-refractivity contribution in [2.45, 2.75) is 38.1 Å². The fourth-order valence-corrected chi connectivity index (χ4v) is 3.85. The Morgan fingerprint density at radius 1 is 1.25 bits per heavy atom. The van der Waals surface area contributed by atoms with Crippen LogP contribution in [-0.2, 0) is 4.79 Å². The Labute approximate surface area is 145 Å². The lowest BCUT2D eigenvalue weighted by Gasteiger charge is -2.44. The summed E-state index contributed by atoms with van der Waals surface area (Å²) in [4.78, 5) is 17.3.